The summed E-state index contributed by atoms with van der Waals surface area (Å²) in [5, 5.41) is 9.21. The molecular weight excluding hydrogens is 352 g/mol. The van der Waals surface area contributed by atoms with Gasteiger partial charge in [-0.25, -0.2) is 4.98 Å². The summed E-state index contributed by atoms with van der Waals surface area (Å²) in [6.07, 6.45) is 2.25. The lowest BCUT2D eigenvalue weighted by Gasteiger charge is -2.34. The molecule has 138 valence electrons. The minimum absolute atomic E-state index is 0.0143. The first-order valence-electron chi connectivity index (χ1n) is 8.61. The predicted octanol–water partition coefficient (Wildman–Crippen LogP) is 3.14. The smallest absolute Gasteiger partial charge is 0.308 e. The van der Waals surface area contributed by atoms with E-state index in [1.807, 2.05) is 37.3 Å². The van der Waals surface area contributed by atoms with Gasteiger partial charge in [0, 0.05) is 24.4 Å². The van der Waals surface area contributed by atoms with Crippen molar-refractivity contribution in [3.8, 4) is 11.5 Å². The quantitative estimate of drug-likeness (QED) is 0.836. The lowest BCUT2D eigenvalue weighted by atomic mass is 9.90. The van der Waals surface area contributed by atoms with Gasteiger partial charge in [0.15, 0.2) is 0 Å². The van der Waals surface area contributed by atoms with E-state index in [9.17, 15) is 14.7 Å². The molecule has 2 unspecified atom stereocenters. The lowest BCUT2D eigenvalue weighted by Crippen LogP contribution is -2.46. The fourth-order valence-corrected chi connectivity index (χ4v) is 3.96. The highest BCUT2D eigenvalue weighted by Gasteiger charge is 2.31. The number of benzene rings is 1. The van der Waals surface area contributed by atoms with Crippen LogP contribution in [0.3, 0.4) is 0 Å². The number of carboxylic acid groups (broad SMARTS) is 1. The number of carbonyl (C=O) groups is 2. The topological polar surface area (TPSA) is 83.6 Å². The predicted molar refractivity (Wildman–Crippen MR) is 99.6 cm³/mol. The SMILES string of the molecule is CC1CC(C(=O)O)CN(C(=O)CSCc2coc(-c3ccccc3)n2)C1. The molecule has 1 aliphatic heterocycles. The summed E-state index contributed by atoms with van der Waals surface area (Å²) in [6.45, 7) is 2.93. The molecule has 7 heteroatoms. The second-order valence-corrected chi connectivity index (χ2v) is 7.66. The number of amides is 1. The van der Waals surface area contributed by atoms with Crippen molar-refractivity contribution in [2.45, 2.75) is 19.1 Å². The third-order valence-electron chi connectivity index (χ3n) is 4.41. The number of aliphatic carboxylic acids is 1. The van der Waals surface area contributed by atoms with Crippen LogP contribution in [0.4, 0.5) is 0 Å². The summed E-state index contributed by atoms with van der Waals surface area (Å²) < 4.78 is 5.49. The van der Waals surface area contributed by atoms with Gasteiger partial charge in [0.05, 0.1) is 17.4 Å². The van der Waals surface area contributed by atoms with E-state index in [-0.39, 0.29) is 11.8 Å². The molecule has 0 radical (unpaired) electrons. The fourth-order valence-electron chi connectivity index (χ4n) is 3.15. The van der Waals surface area contributed by atoms with Gasteiger partial charge in [0.25, 0.3) is 0 Å². The van der Waals surface area contributed by atoms with Crippen molar-refractivity contribution < 1.29 is 19.1 Å². The molecule has 1 amide bonds. The zero-order chi connectivity index (χ0) is 18.5. The molecule has 0 spiro atoms. The van der Waals surface area contributed by atoms with E-state index >= 15 is 0 Å². The largest absolute Gasteiger partial charge is 0.481 e. The van der Waals surface area contributed by atoms with Gasteiger partial charge in [-0.1, -0.05) is 25.1 Å². The number of oxazole rings is 1. The molecule has 3 rings (SSSR count). The number of thioether (sulfide) groups is 1. The van der Waals surface area contributed by atoms with Crippen LogP contribution in [-0.2, 0) is 15.3 Å². The molecular formula is C19H22N2O4S. The first-order chi connectivity index (χ1) is 12.5. The molecule has 0 aliphatic carbocycles. The number of aromatic nitrogens is 1. The van der Waals surface area contributed by atoms with Crippen LogP contribution in [-0.4, -0.2) is 45.7 Å². The molecule has 26 heavy (non-hydrogen) atoms. The van der Waals surface area contributed by atoms with E-state index in [1.54, 1.807) is 11.2 Å². The van der Waals surface area contributed by atoms with Crippen LogP contribution in [0.25, 0.3) is 11.5 Å². The van der Waals surface area contributed by atoms with Gasteiger partial charge in [-0.05, 0) is 24.5 Å². The van der Waals surface area contributed by atoms with Gasteiger partial charge in [-0.3, -0.25) is 9.59 Å². The Balaban J connectivity index is 1.49. The van der Waals surface area contributed by atoms with Crippen molar-refractivity contribution in [1.29, 1.82) is 0 Å². The summed E-state index contributed by atoms with van der Waals surface area (Å²) in [5.74, 6) is 0.374. The monoisotopic (exact) mass is 374 g/mol. The van der Waals surface area contributed by atoms with Gasteiger partial charge in [0.2, 0.25) is 11.8 Å². The molecule has 2 aromatic rings. The molecule has 2 heterocycles. The van der Waals surface area contributed by atoms with Crippen LogP contribution in [0.1, 0.15) is 19.0 Å². The number of hydrogen-bond acceptors (Lipinski definition) is 5. The van der Waals surface area contributed by atoms with Crippen molar-refractivity contribution in [1.82, 2.24) is 9.88 Å². The molecule has 1 aliphatic rings. The normalized spacial score (nSPS) is 20.1. The highest BCUT2D eigenvalue weighted by atomic mass is 32.2. The number of carboxylic acids is 1. The Morgan fingerprint density at radius 3 is 2.81 bits per heavy atom. The Hall–Kier alpha value is -2.28. The van der Waals surface area contributed by atoms with Gasteiger partial charge in [0.1, 0.15) is 6.26 Å². The van der Waals surface area contributed by atoms with Crippen molar-refractivity contribution in [3.63, 3.8) is 0 Å². The molecule has 2 atom stereocenters. The van der Waals surface area contributed by atoms with Gasteiger partial charge < -0.3 is 14.4 Å². The number of hydrogen-bond donors (Lipinski definition) is 1. The van der Waals surface area contributed by atoms with Crippen LogP contribution in [0.15, 0.2) is 41.0 Å². The Morgan fingerprint density at radius 2 is 2.08 bits per heavy atom. The van der Waals surface area contributed by atoms with Crippen LogP contribution in [0.2, 0.25) is 0 Å². The average molecular weight is 374 g/mol. The number of nitrogens with zero attached hydrogens (tertiary/aromatic N) is 2. The standard InChI is InChI=1S/C19H22N2O4S/c1-13-7-15(19(23)24)9-21(8-13)17(22)12-26-11-16-10-25-18(20-16)14-5-3-2-4-6-14/h2-6,10,13,15H,7-9,11-12H2,1H3,(H,23,24). The molecule has 6 nitrogen and oxygen atoms in total. The van der Waals surface area contributed by atoms with E-state index < -0.39 is 11.9 Å². The van der Waals surface area contributed by atoms with Gasteiger partial charge in [-0.2, -0.15) is 0 Å². The number of rotatable bonds is 6. The summed E-state index contributed by atoms with van der Waals surface area (Å²) in [7, 11) is 0. The van der Waals surface area contributed by atoms with Gasteiger partial charge >= 0.3 is 5.97 Å². The maximum absolute atomic E-state index is 12.4. The molecule has 0 saturated carbocycles. The lowest BCUT2D eigenvalue weighted by molar-refractivity contribution is -0.146. The van der Waals surface area contributed by atoms with E-state index in [0.29, 0.717) is 36.9 Å². The summed E-state index contributed by atoms with van der Waals surface area (Å²) in [5.41, 5.74) is 1.71. The third-order valence-corrected chi connectivity index (χ3v) is 5.36. The first-order valence-corrected chi connectivity index (χ1v) is 9.76. The van der Waals surface area contributed by atoms with Crippen LogP contribution in [0, 0.1) is 11.8 Å². The molecule has 1 N–H and O–H groups in total. The highest BCUT2D eigenvalue weighted by Crippen LogP contribution is 2.24. The summed E-state index contributed by atoms with van der Waals surface area (Å²) in [6, 6.07) is 9.66. The Morgan fingerprint density at radius 1 is 1.31 bits per heavy atom. The molecule has 1 fully saturated rings. The van der Waals surface area contributed by atoms with E-state index in [0.717, 1.165) is 11.3 Å². The van der Waals surface area contributed by atoms with Crippen LogP contribution < -0.4 is 0 Å². The zero-order valence-corrected chi connectivity index (χ0v) is 15.4. The Bertz CT molecular complexity index is 762. The minimum Gasteiger partial charge on any atom is -0.481 e. The summed E-state index contributed by atoms with van der Waals surface area (Å²) in [4.78, 5) is 29.7. The Kier molecular flexibility index (Phi) is 5.98. The highest BCUT2D eigenvalue weighted by molar-refractivity contribution is 7.99. The minimum atomic E-state index is -0.821. The van der Waals surface area contributed by atoms with Crippen molar-refractivity contribution in [3.05, 3.63) is 42.3 Å². The fraction of sp³-hybridized carbons (Fsp3) is 0.421. The maximum Gasteiger partial charge on any atom is 0.308 e. The third kappa shape index (κ3) is 4.66. The Labute approximate surface area is 156 Å². The number of piperidine rings is 1. The molecule has 1 saturated heterocycles. The molecule has 0 bridgehead atoms. The van der Waals surface area contributed by atoms with E-state index in [1.165, 1.54) is 11.8 Å². The van der Waals surface area contributed by atoms with E-state index in [4.69, 9.17) is 4.42 Å². The number of likely N-dealkylation sites (tertiary alicyclic amines) is 1. The molecule has 1 aromatic heterocycles. The van der Waals surface area contributed by atoms with Crippen LogP contribution in [0.5, 0.6) is 0 Å². The van der Waals surface area contributed by atoms with E-state index in [2.05, 4.69) is 4.98 Å². The van der Waals surface area contributed by atoms with Crippen molar-refractivity contribution in [2.24, 2.45) is 11.8 Å². The second-order valence-electron chi connectivity index (χ2n) is 6.68. The van der Waals surface area contributed by atoms with Gasteiger partial charge in [-0.15, -0.1) is 11.8 Å². The van der Waals surface area contributed by atoms with Crippen molar-refractivity contribution in [2.75, 3.05) is 18.8 Å². The first kappa shape index (κ1) is 18.5. The summed E-state index contributed by atoms with van der Waals surface area (Å²) >= 11 is 1.47. The zero-order valence-electron chi connectivity index (χ0n) is 14.6. The number of carbonyl (C=O) groups excluding carboxylic acids is 1. The van der Waals surface area contributed by atoms with Crippen molar-refractivity contribution >= 4 is 23.6 Å². The maximum atomic E-state index is 12.4. The second kappa shape index (κ2) is 8.40. The van der Waals surface area contributed by atoms with Crippen LogP contribution >= 0.6 is 11.8 Å². The average Bonchev–Trinajstić information content (AvgIpc) is 3.10. The molecule has 1 aromatic carbocycles.